The Kier molecular flexibility index (Phi) is 11.4. The Hall–Kier alpha value is 0.200. The summed E-state index contributed by atoms with van der Waals surface area (Å²) in [4.78, 5) is 11.7. The van der Waals surface area contributed by atoms with Crippen LogP contribution >= 0.6 is 22.6 Å². The second kappa shape index (κ2) is 11.3. The molecule has 0 heterocycles. The number of hydrogen-bond acceptors (Lipinski definition) is 1. The van der Waals surface area contributed by atoms with Crippen molar-refractivity contribution in [2.45, 2.75) is 71.8 Å². The molecule has 0 aliphatic carbocycles. The maximum absolute atomic E-state index is 11.7. The molecule has 0 aromatic carbocycles. The van der Waals surface area contributed by atoms with Crippen LogP contribution in [0.2, 0.25) is 0 Å². The van der Waals surface area contributed by atoms with E-state index in [0.29, 0.717) is 18.4 Å². The van der Waals surface area contributed by atoms with E-state index in [0.717, 1.165) is 10.8 Å². The summed E-state index contributed by atoms with van der Waals surface area (Å²) in [5.41, 5.74) is 0. The van der Waals surface area contributed by atoms with E-state index in [1.165, 1.54) is 32.1 Å². The molecule has 17 heavy (non-hydrogen) atoms. The molecular weight excluding hydrogens is 325 g/mol. The quantitative estimate of drug-likeness (QED) is 0.354. The molecule has 0 aromatic rings. The third kappa shape index (κ3) is 9.86. The Morgan fingerprint density at radius 1 is 1.12 bits per heavy atom. The molecule has 0 rings (SSSR count). The van der Waals surface area contributed by atoms with Gasteiger partial charge in [0, 0.05) is 16.9 Å². The van der Waals surface area contributed by atoms with E-state index in [2.05, 4.69) is 48.7 Å². The standard InChI is InChI=1S/C14H28INO/c1-4-5-6-7-8-9-10-14(17)16-13(11-15)12(2)3/h12-13H,4-11H2,1-3H3,(H,16,17). The summed E-state index contributed by atoms with van der Waals surface area (Å²) in [7, 11) is 0. The number of hydrogen-bond donors (Lipinski definition) is 1. The maximum Gasteiger partial charge on any atom is 0.220 e. The highest BCUT2D eigenvalue weighted by atomic mass is 127. The van der Waals surface area contributed by atoms with Crippen LogP contribution in [0.25, 0.3) is 0 Å². The van der Waals surface area contributed by atoms with Crippen LogP contribution in [0, 0.1) is 5.92 Å². The van der Waals surface area contributed by atoms with Gasteiger partial charge in [0.1, 0.15) is 0 Å². The normalized spacial score (nSPS) is 12.8. The predicted octanol–water partition coefficient (Wildman–Crippen LogP) is 4.31. The smallest absolute Gasteiger partial charge is 0.220 e. The monoisotopic (exact) mass is 353 g/mol. The number of nitrogens with one attached hydrogen (secondary N) is 1. The van der Waals surface area contributed by atoms with Crippen LogP contribution < -0.4 is 5.32 Å². The van der Waals surface area contributed by atoms with E-state index in [-0.39, 0.29) is 5.91 Å². The fourth-order valence-electron chi connectivity index (χ4n) is 1.73. The minimum atomic E-state index is 0.232. The molecule has 1 N–H and O–H groups in total. The minimum absolute atomic E-state index is 0.232. The van der Waals surface area contributed by atoms with Crippen molar-refractivity contribution in [2.24, 2.45) is 5.92 Å². The zero-order valence-corrected chi connectivity index (χ0v) is 13.8. The van der Waals surface area contributed by atoms with Crippen molar-refractivity contribution in [1.82, 2.24) is 5.32 Å². The van der Waals surface area contributed by atoms with Gasteiger partial charge >= 0.3 is 0 Å². The molecule has 0 fully saturated rings. The van der Waals surface area contributed by atoms with E-state index in [1.54, 1.807) is 0 Å². The number of amides is 1. The number of unbranched alkanes of at least 4 members (excludes halogenated alkanes) is 5. The lowest BCUT2D eigenvalue weighted by atomic mass is 10.1. The zero-order valence-electron chi connectivity index (χ0n) is 11.6. The van der Waals surface area contributed by atoms with Gasteiger partial charge in [-0.2, -0.15) is 0 Å². The van der Waals surface area contributed by atoms with E-state index >= 15 is 0 Å². The topological polar surface area (TPSA) is 29.1 Å². The van der Waals surface area contributed by atoms with Crippen LogP contribution in [-0.4, -0.2) is 16.4 Å². The van der Waals surface area contributed by atoms with Crippen molar-refractivity contribution in [3.8, 4) is 0 Å². The Morgan fingerprint density at radius 2 is 1.71 bits per heavy atom. The molecular formula is C14H28INO. The summed E-state index contributed by atoms with van der Waals surface area (Å²) < 4.78 is 0.998. The molecule has 0 aromatic heterocycles. The Labute approximate surface area is 120 Å². The molecule has 0 spiro atoms. The molecule has 1 unspecified atom stereocenters. The number of alkyl halides is 1. The van der Waals surface area contributed by atoms with Crippen LogP contribution in [0.4, 0.5) is 0 Å². The van der Waals surface area contributed by atoms with E-state index in [4.69, 9.17) is 0 Å². The van der Waals surface area contributed by atoms with Crippen LogP contribution in [0.15, 0.2) is 0 Å². The molecule has 0 aliphatic rings. The van der Waals surface area contributed by atoms with E-state index in [9.17, 15) is 4.79 Å². The summed E-state index contributed by atoms with van der Waals surface area (Å²) in [5, 5.41) is 3.12. The van der Waals surface area contributed by atoms with Crippen molar-refractivity contribution in [1.29, 1.82) is 0 Å². The van der Waals surface area contributed by atoms with Gasteiger partial charge < -0.3 is 5.32 Å². The maximum atomic E-state index is 11.7. The van der Waals surface area contributed by atoms with Crippen molar-refractivity contribution in [2.75, 3.05) is 4.43 Å². The molecule has 1 atom stereocenters. The number of carbonyl (C=O) groups is 1. The van der Waals surface area contributed by atoms with Crippen molar-refractivity contribution in [3.05, 3.63) is 0 Å². The summed E-state index contributed by atoms with van der Waals surface area (Å²) >= 11 is 2.34. The van der Waals surface area contributed by atoms with E-state index in [1.807, 2.05) is 0 Å². The summed E-state index contributed by atoms with van der Waals surface area (Å²) in [6.45, 7) is 6.55. The average Bonchev–Trinajstić information content (AvgIpc) is 2.30. The average molecular weight is 353 g/mol. The van der Waals surface area contributed by atoms with Gasteiger partial charge in [-0.3, -0.25) is 4.79 Å². The third-order valence-electron chi connectivity index (χ3n) is 3.07. The molecule has 0 radical (unpaired) electrons. The van der Waals surface area contributed by atoms with Crippen molar-refractivity contribution in [3.63, 3.8) is 0 Å². The third-order valence-corrected chi connectivity index (χ3v) is 4.02. The molecule has 2 nitrogen and oxygen atoms in total. The number of rotatable bonds is 10. The van der Waals surface area contributed by atoms with Crippen molar-refractivity contribution < 1.29 is 4.79 Å². The van der Waals surface area contributed by atoms with Gasteiger partial charge in [0.15, 0.2) is 0 Å². The molecule has 0 saturated carbocycles. The molecule has 1 amide bonds. The summed E-state index contributed by atoms with van der Waals surface area (Å²) in [6, 6.07) is 0.336. The Bertz CT molecular complexity index is 195. The Balaban J connectivity index is 3.52. The predicted molar refractivity (Wildman–Crippen MR) is 83.6 cm³/mol. The molecule has 3 heteroatoms. The first-order chi connectivity index (χ1) is 8.11. The number of halogens is 1. The van der Waals surface area contributed by atoms with Crippen LogP contribution in [0.1, 0.15) is 65.7 Å². The Morgan fingerprint density at radius 3 is 2.24 bits per heavy atom. The van der Waals surface area contributed by atoms with Crippen LogP contribution in [-0.2, 0) is 4.79 Å². The fourth-order valence-corrected chi connectivity index (χ4v) is 2.97. The van der Waals surface area contributed by atoms with Gasteiger partial charge in [-0.15, -0.1) is 0 Å². The molecule has 0 saturated heterocycles. The highest BCUT2D eigenvalue weighted by Gasteiger charge is 2.13. The first kappa shape index (κ1) is 17.2. The summed E-state index contributed by atoms with van der Waals surface area (Å²) in [6.07, 6.45) is 8.15. The van der Waals surface area contributed by atoms with Gasteiger partial charge in [-0.05, 0) is 12.3 Å². The molecule has 0 aliphatic heterocycles. The van der Waals surface area contributed by atoms with Gasteiger partial charge in [-0.25, -0.2) is 0 Å². The largest absolute Gasteiger partial charge is 0.352 e. The van der Waals surface area contributed by atoms with Crippen LogP contribution in [0.3, 0.4) is 0 Å². The van der Waals surface area contributed by atoms with Gasteiger partial charge in [0.25, 0.3) is 0 Å². The van der Waals surface area contributed by atoms with Crippen LogP contribution in [0.5, 0.6) is 0 Å². The molecule has 0 bridgehead atoms. The number of carbonyl (C=O) groups excluding carboxylic acids is 1. The minimum Gasteiger partial charge on any atom is -0.352 e. The highest BCUT2D eigenvalue weighted by molar-refractivity contribution is 14.1. The highest BCUT2D eigenvalue weighted by Crippen LogP contribution is 2.08. The van der Waals surface area contributed by atoms with Gasteiger partial charge in [-0.1, -0.05) is 75.5 Å². The van der Waals surface area contributed by atoms with E-state index < -0.39 is 0 Å². The second-order valence-corrected chi connectivity index (χ2v) is 5.97. The van der Waals surface area contributed by atoms with Crippen molar-refractivity contribution >= 4 is 28.5 Å². The zero-order chi connectivity index (χ0) is 13.1. The van der Waals surface area contributed by atoms with Gasteiger partial charge in [0.05, 0.1) is 0 Å². The SMILES string of the molecule is CCCCCCCCC(=O)NC(CI)C(C)C. The lowest BCUT2D eigenvalue weighted by Crippen LogP contribution is -2.39. The first-order valence-corrected chi connectivity index (χ1v) is 8.49. The molecule has 102 valence electrons. The first-order valence-electron chi connectivity index (χ1n) is 6.97. The summed E-state index contributed by atoms with van der Waals surface area (Å²) in [5.74, 6) is 0.760. The lowest BCUT2D eigenvalue weighted by Gasteiger charge is -2.19. The lowest BCUT2D eigenvalue weighted by molar-refractivity contribution is -0.122. The second-order valence-electron chi connectivity index (χ2n) is 5.09. The van der Waals surface area contributed by atoms with Gasteiger partial charge in [0.2, 0.25) is 5.91 Å². The fraction of sp³-hybridized carbons (Fsp3) is 0.929.